The molecule has 0 radical (unpaired) electrons. The standard InChI is InChI=1S/C2H6ClOP.C2H5NO/c1-5(2,3)4;1-2(3)4/h1-2H3;1H3,(H2,3,4). The van der Waals surface area contributed by atoms with Crippen LogP contribution in [0.3, 0.4) is 0 Å². The van der Waals surface area contributed by atoms with Crippen molar-refractivity contribution in [1.82, 2.24) is 0 Å². The Bertz CT molecular complexity index is 118. The van der Waals surface area contributed by atoms with E-state index in [0.717, 1.165) is 0 Å². The average Bonchev–Trinajstić information content (AvgIpc) is 1.19. The quantitative estimate of drug-likeness (QED) is 0.558. The summed E-state index contributed by atoms with van der Waals surface area (Å²) in [5.74, 6) is -0.333. The Balaban J connectivity index is 0. The fourth-order valence-corrected chi connectivity index (χ4v) is 0. The van der Waals surface area contributed by atoms with E-state index in [1.807, 2.05) is 0 Å². The Morgan fingerprint density at radius 2 is 1.56 bits per heavy atom. The second-order valence-electron chi connectivity index (χ2n) is 1.83. The van der Waals surface area contributed by atoms with Crippen LogP contribution in [0.4, 0.5) is 0 Å². The molecule has 0 aliphatic rings. The third kappa shape index (κ3) is 2870000. The fraction of sp³-hybridized carbons (Fsp3) is 0.750. The molecule has 5 heteroatoms. The maximum absolute atomic E-state index is 9.98. The third-order valence-electron chi connectivity index (χ3n) is 0. The second-order valence-corrected chi connectivity index (χ2v) is 6.71. The van der Waals surface area contributed by atoms with Crippen LogP contribution in [0.25, 0.3) is 0 Å². The van der Waals surface area contributed by atoms with E-state index < -0.39 is 6.49 Å². The summed E-state index contributed by atoms with van der Waals surface area (Å²) in [7, 11) is 0. The molecule has 56 valence electrons. The van der Waals surface area contributed by atoms with Gasteiger partial charge in [-0.25, -0.2) is 0 Å². The van der Waals surface area contributed by atoms with Crippen molar-refractivity contribution in [2.24, 2.45) is 5.73 Å². The van der Waals surface area contributed by atoms with Crippen LogP contribution in [0.5, 0.6) is 0 Å². The number of carbonyl (C=O) groups excluding carboxylic acids is 1. The predicted molar refractivity (Wildman–Crippen MR) is 40.2 cm³/mol. The molecule has 0 saturated carbocycles. The molecule has 0 saturated heterocycles. The number of amides is 1. The van der Waals surface area contributed by atoms with E-state index in [1.54, 1.807) is 0 Å². The summed E-state index contributed by atoms with van der Waals surface area (Å²) in [4.78, 5) is 9.22. The van der Waals surface area contributed by atoms with Gasteiger partial charge >= 0.3 is 0 Å². The molecule has 0 aliphatic heterocycles. The van der Waals surface area contributed by atoms with Gasteiger partial charge in [0.25, 0.3) is 0 Å². The monoisotopic (exact) mass is 171 g/mol. The number of rotatable bonds is 0. The van der Waals surface area contributed by atoms with Gasteiger partial charge in [0.15, 0.2) is 6.49 Å². The zero-order valence-corrected chi connectivity index (χ0v) is 7.37. The molecule has 0 aliphatic carbocycles. The van der Waals surface area contributed by atoms with Gasteiger partial charge in [-0.3, -0.25) is 4.79 Å². The first-order valence-corrected chi connectivity index (χ1v) is 5.75. The second kappa shape index (κ2) is 4.83. The molecule has 2 N–H and O–H groups in total. The van der Waals surface area contributed by atoms with Crippen LogP contribution in [0.1, 0.15) is 6.92 Å². The highest BCUT2D eigenvalue weighted by Crippen LogP contribution is 2.41. The van der Waals surface area contributed by atoms with Crippen molar-refractivity contribution in [1.29, 1.82) is 0 Å². The summed E-state index contributed by atoms with van der Waals surface area (Å²) < 4.78 is 9.98. The SMILES string of the molecule is CC(N)=O.CP(C)(=O)Cl. The first-order chi connectivity index (χ1) is 3.73. The normalized spacial score (nSPS) is 9.33. The summed E-state index contributed by atoms with van der Waals surface area (Å²) in [6.45, 7) is 2.16. The highest BCUT2D eigenvalue weighted by Gasteiger charge is 1.93. The number of halogens is 1. The van der Waals surface area contributed by atoms with Crippen LogP contribution >= 0.6 is 17.7 Å². The van der Waals surface area contributed by atoms with E-state index in [2.05, 4.69) is 5.73 Å². The number of carbonyl (C=O) groups is 1. The molecule has 0 unspecified atom stereocenters. The summed E-state index contributed by atoms with van der Waals surface area (Å²) in [6.07, 6.45) is 0. The lowest BCUT2D eigenvalue weighted by molar-refractivity contribution is -0.115. The molecule has 0 heterocycles. The minimum Gasteiger partial charge on any atom is -0.370 e. The van der Waals surface area contributed by atoms with Gasteiger partial charge < -0.3 is 10.3 Å². The molecule has 0 aromatic rings. The minimum atomic E-state index is -2.17. The molecule has 0 spiro atoms. The van der Waals surface area contributed by atoms with E-state index in [4.69, 9.17) is 11.2 Å². The van der Waals surface area contributed by atoms with Gasteiger partial charge in [0.05, 0.1) is 0 Å². The van der Waals surface area contributed by atoms with Crippen LogP contribution in [-0.2, 0) is 9.36 Å². The fourth-order valence-electron chi connectivity index (χ4n) is 0. The Morgan fingerprint density at radius 1 is 1.56 bits per heavy atom. The van der Waals surface area contributed by atoms with Crippen molar-refractivity contribution in [3.63, 3.8) is 0 Å². The van der Waals surface area contributed by atoms with Crippen LogP contribution in [0.15, 0.2) is 0 Å². The van der Waals surface area contributed by atoms with Crippen molar-refractivity contribution in [2.75, 3.05) is 13.3 Å². The first-order valence-electron chi connectivity index (χ1n) is 2.24. The van der Waals surface area contributed by atoms with E-state index in [-0.39, 0.29) is 5.91 Å². The number of hydrogen-bond acceptors (Lipinski definition) is 2. The Kier molecular flexibility index (Phi) is 6.30. The summed E-state index contributed by atoms with van der Waals surface area (Å²) >= 11 is 5.09. The van der Waals surface area contributed by atoms with Crippen LogP contribution < -0.4 is 5.73 Å². The van der Waals surface area contributed by atoms with Crippen molar-refractivity contribution in [3.05, 3.63) is 0 Å². The van der Waals surface area contributed by atoms with E-state index in [9.17, 15) is 9.36 Å². The Morgan fingerprint density at radius 3 is 1.56 bits per heavy atom. The zero-order valence-electron chi connectivity index (χ0n) is 5.72. The van der Waals surface area contributed by atoms with Gasteiger partial charge in [0.2, 0.25) is 5.91 Å². The van der Waals surface area contributed by atoms with Gasteiger partial charge in [-0.1, -0.05) is 11.2 Å². The lowest BCUT2D eigenvalue weighted by atomic mass is 10.8. The molecule has 0 fully saturated rings. The summed E-state index contributed by atoms with van der Waals surface area (Å²) in [5, 5.41) is 0. The molecule has 3 nitrogen and oxygen atoms in total. The van der Waals surface area contributed by atoms with Gasteiger partial charge in [0, 0.05) is 20.3 Å². The Hall–Kier alpha value is -0.0100. The van der Waals surface area contributed by atoms with Crippen LogP contribution in [0.2, 0.25) is 0 Å². The highest BCUT2D eigenvalue weighted by atomic mass is 35.7. The van der Waals surface area contributed by atoms with Crippen molar-refractivity contribution >= 4 is 23.6 Å². The lowest BCUT2D eigenvalue weighted by Crippen LogP contribution is -2.01. The maximum Gasteiger partial charge on any atom is 0.214 e. The highest BCUT2D eigenvalue weighted by molar-refractivity contribution is 7.88. The molecule has 9 heavy (non-hydrogen) atoms. The lowest BCUT2D eigenvalue weighted by Gasteiger charge is -1.82. The van der Waals surface area contributed by atoms with Gasteiger partial charge in [-0.05, 0) is 0 Å². The average molecular weight is 172 g/mol. The van der Waals surface area contributed by atoms with E-state index in [0.29, 0.717) is 0 Å². The summed E-state index contributed by atoms with van der Waals surface area (Å²) in [6, 6.07) is 0. The molecule has 0 bridgehead atoms. The minimum absolute atomic E-state index is 0.333. The Labute approximate surface area is 59.7 Å². The molecule has 1 amide bonds. The topological polar surface area (TPSA) is 60.2 Å². The van der Waals surface area contributed by atoms with Crippen molar-refractivity contribution in [3.8, 4) is 0 Å². The molecular formula is C4H11ClNO2P. The molecule has 0 atom stereocenters. The predicted octanol–water partition coefficient (Wildman–Crippen LogP) is 1.25. The number of hydrogen-bond donors (Lipinski definition) is 1. The van der Waals surface area contributed by atoms with Crippen molar-refractivity contribution in [2.45, 2.75) is 6.92 Å². The molecule has 0 aromatic heterocycles. The van der Waals surface area contributed by atoms with Gasteiger partial charge in [-0.15, -0.1) is 0 Å². The van der Waals surface area contributed by atoms with Crippen LogP contribution in [0, 0.1) is 0 Å². The maximum atomic E-state index is 9.98. The molecule has 0 aromatic carbocycles. The zero-order chi connectivity index (χ0) is 8.08. The third-order valence-corrected chi connectivity index (χ3v) is 0. The molecular weight excluding hydrogens is 160 g/mol. The van der Waals surface area contributed by atoms with Gasteiger partial charge in [-0.2, -0.15) is 0 Å². The summed E-state index contributed by atoms with van der Waals surface area (Å²) in [5.41, 5.74) is 4.47. The smallest absolute Gasteiger partial charge is 0.214 e. The van der Waals surface area contributed by atoms with E-state index >= 15 is 0 Å². The van der Waals surface area contributed by atoms with Gasteiger partial charge in [0.1, 0.15) is 0 Å². The van der Waals surface area contributed by atoms with Crippen LogP contribution in [-0.4, -0.2) is 19.2 Å². The van der Waals surface area contributed by atoms with E-state index in [1.165, 1.54) is 20.3 Å². The largest absolute Gasteiger partial charge is 0.370 e. The van der Waals surface area contributed by atoms with Crippen molar-refractivity contribution < 1.29 is 9.36 Å². The number of nitrogens with two attached hydrogens (primary N) is 1. The molecule has 0 rings (SSSR count). The number of primary amides is 1. The first kappa shape index (κ1) is 11.7.